The summed E-state index contributed by atoms with van der Waals surface area (Å²) in [5, 5.41) is 3.06. The van der Waals surface area contributed by atoms with Crippen molar-refractivity contribution >= 4 is 34.2 Å². The average Bonchev–Trinajstić information content (AvgIpc) is 2.88. The molecular weight excluding hydrogens is 356 g/mol. The van der Waals surface area contributed by atoms with Crippen molar-refractivity contribution in [3.05, 3.63) is 28.7 Å². The largest absolute Gasteiger partial charge is 0.480 e. The van der Waals surface area contributed by atoms with E-state index in [0.717, 1.165) is 23.7 Å². The van der Waals surface area contributed by atoms with E-state index in [9.17, 15) is 4.79 Å². The fraction of sp³-hybridized carbons (Fsp3) is 0.533. The molecule has 0 heterocycles. The molecule has 3 unspecified atom stereocenters. The molecule has 1 saturated carbocycles. The SMILES string of the molecule is CC(Oc1ccccc1Br)C(=O)NC1CCCC1CN.Cl. The standard InChI is InChI=1S/C15H21BrN2O2.ClH/c1-10(20-14-8-3-2-6-12(14)16)15(19)18-13-7-4-5-11(13)9-17;/h2-3,6,8,10-11,13H,4-5,7,9,17H2,1H3,(H,18,19);1H. The predicted octanol–water partition coefficient (Wildman–Crippen LogP) is 2.88. The van der Waals surface area contributed by atoms with E-state index in [1.165, 1.54) is 0 Å². The van der Waals surface area contributed by atoms with Gasteiger partial charge < -0.3 is 15.8 Å². The minimum Gasteiger partial charge on any atom is -0.480 e. The Morgan fingerprint density at radius 1 is 1.48 bits per heavy atom. The number of hydrogen-bond acceptors (Lipinski definition) is 3. The Balaban J connectivity index is 0.00000220. The van der Waals surface area contributed by atoms with E-state index < -0.39 is 6.10 Å². The van der Waals surface area contributed by atoms with Crippen molar-refractivity contribution < 1.29 is 9.53 Å². The third kappa shape index (κ3) is 4.87. The minimum atomic E-state index is -0.521. The number of ether oxygens (including phenoxy) is 1. The summed E-state index contributed by atoms with van der Waals surface area (Å²) in [4.78, 5) is 12.2. The van der Waals surface area contributed by atoms with E-state index in [1.54, 1.807) is 6.92 Å². The van der Waals surface area contributed by atoms with Crippen LogP contribution in [0.3, 0.4) is 0 Å². The molecule has 3 atom stereocenters. The molecule has 0 aromatic heterocycles. The molecular formula is C15H22BrClN2O2. The maximum atomic E-state index is 12.2. The van der Waals surface area contributed by atoms with Gasteiger partial charge in [0.2, 0.25) is 0 Å². The lowest BCUT2D eigenvalue weighted by Crippen LogP contribution is -2.45. The van der Waals surface area contributed by atoms with Gasteiger partial charge in [0.15, 0.2) is 6.10 Å². The highest BCUT2D eigenvalue weighted by Gasteiger charge is 2.29. The van der Waals surface area contributed by atoms with Crippen LogP contribution < -0.4 is 15.8 Å². The van der Waals surface area contributed by atoms with Gasteiger partial charge in [0, 0.05) is 6.04 Å². The van der Waals surface area contributed by atoms with Crippen LogP contribution in [0.2, 0.25) is 0 Å². The molecule has 1 aromatic carbocycles. The summed E-state index contributed by atoms with van der Waals surface area (Å²) in [7, 11) is 0. The number of nitrogens with two attached hydrogens (primary N) is 1. The van der Waals surface area contributed by atoms with Crippen LogP contribution in [0.15, 0.2) is 28.7 Å². The molecule has 0 bridgehead atoms. The van der Waals surface area contributed by atoms with E-state index in [4.69, 9.17) is 10.5 Å². The summed E-state index contributed by atoms with van der Waals surface area (Å²) in [6, 6.07) is 7.71. The first-order valence-electron chi connectivity index (χ1n) is 7.03. The van der Waals surface area contributed by atoms with Gasteiger partial charge in [0.1, 0.15) is 5.75 Å². The Morgan fingerprint density at radius 3 is 2.86 bits per heavy atom. The van der Waals surface area contributed by atoms with E-state index in [-0.39, 0.29) is 24.4 Å². The molecule has 0 saturated heterocycles. The Bertz CT molecular complexity index is 473. The quantitative estimate of drug-likeness (QED) is 0.829. The summed E-state index contributed by atoms with van der Waals surface area (Å²) in [6.07, 6.45) is 2.72. The van der Waals surface area contributed by atoms with Gasteiger partial charge in [-0.05, 0) is 60.3 Å². The molecule has 4 nitrogen and oxygen atoms in total. The topological polar surface area (TPSA) is 64.3 Å². The smallest absolute Gasteiger partial charge is 0.261 e. The van der Waals surface area contributed by atoms with Crippen molar-refractivity contribution in [2.75, 3.05) is 6.54 Å². The van der Waals surface area contributed by atoms with Crippen LogP contribution in [0.4, 0.5) is 0 Å². The highest BCUT2D eigenvalue weighted by molar-refractivity contribution is 9.10. The van der Waals surface area contributed by atoms with Crippen LogP contribution in [0.25, 0.3) is 0 Å². The van der Waals surface area contributed by atoms with Gasteiger partial charge in [-0.15, -0.1) is 12.4 Å². The molecule has 1 aromatic rings. The number of hydrogen-bond donors (Lipinski definition) is 2. The highest BCUT2D eigenvalue weighted by Crippen LogP contribution is 2.26. The second kappa shape index (κ2) is 8.61. The predicted molar refractivity (Wildman–Crippen MR) is 89.8 cm³/mol. The summed E-state index contributed by atoms with van der Waals surface area (Å²) < 4.78 is 6.54. The van der Waals surface area contributed by atoms with Gasteiger partial charge in [-0.25, -0.2) is 0 Å². The average molecular weight is 378 g/mol. The van der Waals surface area contributed by atoms with Crippen molar-refractivity contribution in [3.8, 4) is 5.75 Å². The molecule has 0 radical (unpaired) electrons. The van der Waals surface area contributed by atoms with Crippen molar-refractivity contribution in [1.29, 1.82) is 0 Å². The summed E-state index contributed by atoms with van der Waals surface area (Å²) in [5.41, 5.74) is 5.73. The number of nitrogens with one attached hydrogen (secondary N) is 1. The maximum absolute atomic E-state index is 12.2. The van der Waals surface area contributed by atoms with Gasteiger partial charge in [0.05, 0.1) is 4.47 Å². The van der Waals surface area contributed by atoms with Crippen LogP contribution in [-0.4, -0.2) is 24.6 Å². The van der Waals surface area contributed by atoms with Crippen molar-refractivity contribution in [2.24, 2.45) is 11.7 Å². The zero-order valence-corrected chi connectivity index (χ0v) is 14.5. The molecule has 1 fully saturated rings. The van der Waals surface area contributed by atoms with Crippen molar-refractivity contribution in [3.63, 3.8) is 0 Å². The van der Waals surface area contributed by atoms with Crippen molar-refractivity contribution in [1.82, 2.24) is 5.32 Å². The van der Waals surface area contributed by atoms with Gasteiger partial charge in [-0.2, -0.15) is 0 Å². The van der Waals surface area contributed by atoms with Crippen LogP contribution in [0, 0.1) is 5.92 Å². The lowest BCUT2D eigenvalue weighted by molar-refractivity contribution is -0.128. The van der Waals surface area contributed by atoms with E-state index >= 15 is 0 Å². The fourth-order valence-corrected chi connectivity index (χ4v) is 2.97. The van der Waals surface area contributed by atoms with Crippen LogP contribution >= 0.6 is 28.3 Å². The van der Waals surface area contributed by atoms with Gasteiger partial charge in [0.25, 0.3) is 5.91 Å². The maximum Gasteiger partial charge on any atom is 0.261 e. The number of amides is 1. The van der Waals surface area contributed by atoms with Crippen LogP contribution in [0.1, 0.15) is 26.2 Å². The molecule has 1 aliphatic carbocycles. The molecule has 0 spiro atoms. The molecule has 1 aliphatic rings. The Kier molecular flexibility index (Phi) is 7.49. The lowest BCUT2D eigenvalue weighted by atomic mass is 10.0. The third-order valence-electron chi connectivity index (χ3n) is 3.80. The minimum absolute atomic E-state index is 0. The monoisotopic (exact) mass is 376 g/mol. The summed E-state index contributed by atoms with van der Waals surface area (Å²) in [6.45, 7) is 2.39. The lowest BCUT2D eigenvalue weighted by Gasteiger charge is -2.22. The molecule has 21 heavy (non-hydrogen) atoms. The van der Waals surface area contributed by atoms with E-state index in [1.807, 2.05) is 24.3 Å². The second-order valence-electron chi connectivity index (χ2n) is 5.23. The third-order valence-corrected chi connectivity index (χ3v) is 4.45. The van der Waals surface area contributed by atoms with E-state index in [2.05, 4.69) is 21.2 Å². The Labute approximate surface area is 140 Å². The number of carbonyl (C=O) groups is 1. The number of para-hydroxylation sites is 1. The number of benzene rings is 1. The van der Waals surface area contributed by atoms with Crippen LogP contribution in [0.5, 0.6) is 5.75 Å². The first-order chi connectivity index (χ1) is 9.61. The Morgan fingerprint density at radius 2 is 2.19 bits per heavy atom. The first-order valence-corrected chi connectivity index (χ1v) is 7.82. The van der Waals surface area contributed by atoms with Crippen molar-refractivity contribution in [2.45, 2.75) is 38.3 Å². The first kappa shape index (κ1) is 18.3. The van der Waals surface area contributed by atoms with E-state index in [0.29, 0.717) is 18.2 Å². The molecule has 6 heteroatoms. The molecule has 3 N–H and O–H groups in total. The number of rotatable bonds is 5. The summed E-state index contributed by atoms with van der Waals surface area (Å²) >= 11 is 3.41. The van der Waals surface area contributed by atoms with Gasteiger partial charge in [-0.3, -0.25) is 4.79 Å². The highest BCUT2D eigenvalue weighted by atomic mass is 79.9. The molecule has 0 aliphatic heterocycles. The fourth-order valence-electron chi connectivity index (χ4n) is 2.59. The zero-order valence-electron chi connectivity index (χ0n) is 12.0. The van der Waals surface area contributed by atoms with Crippen LogP contribution in [-0.2, 0) is 4.79 Å². The number of carbonyl (C=O) groups excluding carboxylic acids is 1. The molecule has 1 amide bonds. The second-order valence-corrected chi connectivity index (χ2v) is 6.09. The van der Waals surface area contributed by atoms with Gasteiger partial charge in [-0.1, -0.05) is 18.6 Å². The molecule has 118 valence electrons. The zero-order chi connectivity index (χ0) is 14.5. The summed E-state index contributed by atoms with van der Waals surface area (Å²) in [5.74, 6) is 0.998. The normalized spacial score (nSPS) is 22.2. The molecule has 2 rings (SSSR count). The van der Waals surface area contributed by atoms with Gasteiger partial charge >= 0.3 is 0 Å². The Hall–Kier alpha value is -0.780. The number of halogens is 2.